The normalized spacial score (nSPS) is 10.1. The van der Waals surface area contributed by atoms with Crippen LogP contribution in [0.25, 0.3) is 0 Å². The molecule has 1 aromatic carbocycles. The molecule has 0 unspecified atom stereocenters. The molecule has 0 saturated carbocycles. The Morgan fingerprint density at radius 2 is 2.05 bits per heavy atom. The van der Waals surface area contributed by atoms with E-state index in [1.54, 1.807) is 12.4 Å². The number of anilines is 1. The average molecular weight is 278 g/mol. The van der Waals surface area contributed by atoms with Crippen LogP contribution >= 0.6 is 0 Å². The van der Waals surface area contributed by atoms with Gasteiger partial charge >= 0.3 is 0 Å². The summed E-state index contributed by atoms with van der Waals surface area (Å²) in [5, 5.41) is 5.45. The van der Waals surface area contributed by atoms with Gasteiger partial charge in [0, 0.05) is 31.5 Å². The quantitative estimate of drug-likeness (QED) is 0.815. The molecule has 7 heteroatoms. The number of amides is 1. The zero-order chi connectivity index (χ0) is 14.4. The van der Waals surface area contributed by atoms with Crippen LogP contribution in [0.3, 0.4) is 0 Å². The lowest BCUT2D eigenvalue weighted by Crippen LogP contribution is -2.29. The van der Waals surface area contributed by atoms with E-state index >= 15 is 0 Å². The minimum absolute atomic E-state index is 0.189. The monoisotopic (exact) mass is 278 g/mol. The van der Waals surface area contributed by atoms with Crippen molar-refractivity contribution in [3.05, 3.63) is 54.0 Å². The lowest BCUT2D eigenvalue weighted by atomic mass is 10.2. The van der Waals surface area contributed by atoms with Crippen LogP contribution in [0.5, 0.6) is 0 Å². The molecule has 0 aliphatic heterocycles. The predicted octanol–water partition coefficient (Wildman–Crippen LogP) is 1.60. The van der Waals surface area contributed by atoms with Gasteiger partial charge in [0.25, 0.3) is 5.91 Å². The Morgan fingerprint density at radius 3 is 2.75 bits per heavy atom. The molecule has 1 amide bonds. The molecule has 0 aliphatic rings. The van der Waals surface area contributed by atoms with E-state index in [-0.39, 0.29) is 12.1 Å². The average Bonchev–Trinajstić information content (AvgIpc) is 2.44. The van der Waals surface area contributed by atoms with Crippen LogP contribution in [-0.2, 0) is 0 Å². The molecule has 0 saturated heterocycles. The van der Waals surface area contributed by atoms with Crippen molar-refractivity contribution in [2.75, 3.05) is 18.4 Å². The van der Waals surface area contributed by atoms with Gasteiger partial charge in [-0.3, -0.25) is 9.78 Å². The van der Waals surface area contributed by atoms with Crippen LogP contribution in [0.15, 0.2) is 36.8 Å². The van der Waals surface area contributed by atoms with Gasteiger partial charge in [-0.15, -0.1) is 0 Å². The summed E-state index contributed by atoms with van der Waals surface area (Å²) in [6.45, 7) is 0.680. The molecule has 2 N–H and O–H groups in total. The van der Waals surface area contributed by atoms with Gasteiger partial charge in [-0.25, -0.2) is 13.8 Å². The summed E-state index contributed by atoms with van der Waals surface area (Å²) in [6.07, 6.45) is 4.63. The van der Waals surface area contributed by atoms with Crippen LogP contribution in [0.4, 0.5) is 14.6 Å². The van der Waals surface area contributed by atoms with Crippen molar-refractivity contribution in [1.82, 2.24) is 15.3 Å². The van der Waals surface area contributed by atoms with E-state index in [2.05, 4.69) is 20.6 Å². The first-order chi connectivity index (χ1) is 9.66. The van der Waals surface area contributed by atoms with Gasteiger partial charge in [0.2, 0.25) is 0 Å². The second-order valence-corrected chi connectivity index (χ2v) is 3.90. The minimum Gasteiger partial charge on any atom is -0.367 e. The fourth-order valence-corrected chi connectivity index (χ4v) is 1.53. The number of nitrogens with one attached hydrogen (secondary N) is 2. The first-order valence-corrected chi connectivity index (χ1v) is 5.90. The number of halogens is 2. The highest BCUT2D eigenvalue weighted by Gasteiger charge is 2.11. The Kier molecular flexibility index (Phi) is 4.54. The smallest absolute Gasteiger partial charge is 0.254 e. The third-order valence-corrected chi connectivity index (χ3v) is 2.46. The second-order valence-electron chi connectivity index (χ2n) is 3.90. The highest BCUT2D eigenvalue weighted by atomic mass is 19.1. The van der Waals surface area contributed by atoms with E-state index in [4.69, 9.17) is 0 Å². The van der Waals surface area contributed by atoms with Gasteiger partial charge in [-0.2, -0.15) is 0 Å². The van der Waals surface area contributed by atoms with Gasteiger partial charge < -0.3 is 10.6 Å². The van der Waals surface area contributed by atoms with Crippen LogP contribution in [0, 0.1) is 11.6 Å². The van der Waals surface area contributed by atoms with E-state index in [1.165, 1.54) is 6.20 Å². The van der Waals surface area contributed by atoms with Crippen LogP contribution in [0.2, 0.25) is 0 Å². The van der Waals surface area contributed by atoms with Crippen molar-refractivity contribution < 1.29 is 13.6 Å². The highest BCUT2D eigenvalue weighted by Crippen LogP contribution is 2.09. The topological polar surface area (TPSA) is 66.9 Å². The summed E-state index contributed by atoms with van der Waals surface area (Å²) in [6, 6.07) is 2.82. The summed E-state index contributed by atoms with van der Waals surface area (Å²) in [5.41, 5.74) is -0.189. The molecule has 0 aliphatic carbocycles. The number of benzene rings is 1. The van der Waals surface area contributed by atoms with Crippen LogP contribution < -0.4 is 10.6 Å². The molecular formula is C13H12F2N4O. The lowest BCUT2D eigenvalue weighted by Gasteiger charge is -2.07. The SMILES string of the molecule is O=C(NCCNc1cnccn1)c1ccc(F)cc1F. The summed E-state index contributed by atoms with van der Waals surface area (Å²) in [5.74, 6) is -1.62. The number of carbonyl (C=O) groups is 1. The van der Waals surface area contributed by atoms with Crippen molar-refractivity contribution in [2.24, 2.45) is 0 Å². The third-order valence-electron chi connectivity index (χ3n) is 2.46. The Hall–Kier alpha value is -2.57. The number of hydrogen-bond donors (Lipinski definition) is 2. The molecule has 0 spiro atoms. The van der Waals surface area contributed by atoms with Gasteiger partial charge in [-0.05, 0) is 12.1 Å². The third kappa shape index (κ3) is 3.71. The molecule has 1 heterocycles. The first kappa shape index (κ1) is 13.9. The van der Waals surface area contributed by atoms with Crippen LogP contribution in [-0.4, -0.2) is 29.0 Å². The predicted molar refractivity (Wildman–Crippen MR) is 69.2 cm³/mol. The van der Waals surface area contributed by atoms with E-state index in [0.717, 1.165) is 12.1 Å². The fourth-order valence-electron chi connectivity index (χ4n) is 1.53. The number of carbonyl (C=O) groups excluding carboxylic acids is 1. The fraction of sp³-hybridized carbons (Fsp3) is 0.154. The van der Waals surface area contributed by atoms with Crippen molar-refractivity contribution in [3.63, 3.8) is 0 Å². The summed E-state index contributed by atoms with van der Waals surface area (Å²) >= 11 is 0. The minimum atomic E-state index is -0.885. The van der Waals surface area contributed by atoms with E-state index in [0.29, 0.717) is 18.4 Å². The van der Waals surface area contributed by atoms with E-state index in [1.807, 2.05) is 0 Å². The number of nitrogens with zero attached hydrogens (tertiary/aromatic N) is 2. The molecule has 1 aromatic heterocycles. The summed E-state index contributed by atoms with van der Waals surface area (Å²) in [4.78, 5) is 19.5. The molecule has 0 radical (unpaired) electrons. The van der Waals surface area contributed by atoms with Crippen LogP contribution in [0.1, 0.15) is 10.4 Å². The molecular weight excluding hydrogens is 266 g/mol. The Labute approximate surface area is 114 Å². The van der Waals surface area contributed by atoms with Gasteiger partial charge in [-0.1, -0.05) is 0 Å². The zero-order valence-corrected chi connectivity index (χ0v) is 10.4. The largest absolute Gasteiger partial charge is 0.367 e. The Bertz CT molecular complexity index is 592. The van der Waals surface area contributed by atoms with Gasteiger partial charge in [0.05, 0.1) is 11.8 Å². The maximum absolute atomic E-state index is 13.3. The molecule has 5 nitrogen and oxygen atoms in total. The summed E-state index contributed by atoms with van der Waals surface area (Å²) in [7, 11) is 0. The molecule has 0 fully saturated rings. The number of hydrogen-bond acceptors (Lipinski definition) is 4. The van der Waals surface area contributed by atoms with Crippen molar-refractivity contribution >= 4 is 11.7 Å². The maximum Gasteiger partial charge on any atom is 0.254 e. The van der Waals surface area contributed by atoms with Gasteiger partial charge in [0.1, 0.15) is 17.5 Å². The van der Waals surface area contributed by atoms with Crippen molar-refractivity contribution in [1.29, 1.82) is 0 Å². The standard InChI is InChI=1S/C13H12F2N4O/c14-9-1-2-10(11(15)7-9)13(20)19-6-5-18-12-8-16-3-4-17-12/h1-4,7-8H,5-6H2,(H,17,18)(H,19,20). The number of aromatic nitrogens is 2. The maximum atomic E-state index is 13.3. The molecule has 104 valence electrons. The molecule has 20 heavy (non-hydrogen) atoms. The lowest BCUT2D eigenvalue weighted by molar-refractivity contribution is 0.0951. The van der Waals surface area contributed by atoms with E-state index < -0.39 is 17.5 Å². The van der Waals surface area contributed by atoms with Gasteiger partial charge in [0.15, 0.2) is 0 Å². The zero-order valence-electron chi connectivity index (χ0n) is 10.4. The molecule has 0 atom stereocenters. The van der Waals surface area contributed by atoms with E-state index in [9.17, 15) is 13.6 Å². The Balaban J connectivity index is 1.80. The molecule has 0 bridgehead atoms. The van der Waals surface area contributed by atoms with Crippen molar-refractivity contribution in [3.8, 4) is 0 Å². The molecule has 2 aromatic rings. The first-order valence-electron chi connectivity index (χ1n) is 5.90. The summed E-state index contributed by atoms with van der Waals surface area (Å²) < 4.78 is 26.1. The number of rotatable bonds is 5. The Morgan fingerprint density at radius 1 is 1.20 bits per heavy atom. The second kappa shape index (κ2) is 6.55. The molecule has 2 rings (SSSR count). The van der Waals surface area contributed by atoms with Crippen molar-refractivity contribution in [2.45, 2.75) is 0 Å². The highest BCUT2D eigenvalue weighted by molar-refractivity contribution is 5.94.